The molecule has 2 aliphatic carbocycles. The van der Waals surface area contributed by atoms with Crippen LogP contribution in [-0.4, -0.2) is 21.6 Å². The molecule has 0 amide bonds. The van der Waals surface area contributed by atoms with Crippen LogP contribution in [0.2, 0.25) is 0 Å². The maximum atomic E-state index is 12.9. The van der Waals surface area contributed by atoms with Crippen molar-refractivity contribution in [2.45, 2.75) is 31.1 Å². The molecule has 0 saturated heterocycles. The van der Waals surface area contributed by atoms with Gasteiger partial charge in [-0.15, -0.1) is 0 Å². The van der Waals surface area contributed by atoms with Crippen molar-refractivity contribution in [1.29, 1.82) is 5.26 Å². The number of ether oxygens (including phenoxy) is 1. The van der Waals surface area contributed by atoms with E-state index >= 15 is 0 Å². The predicted molar refractivity (Wildman–Crippen MR) is 79.3 cm³/mol. The molecule has 2 aromatic rings. The Morgan fingerprint density at radius 1 is 1.26 bits per heavy atom. The summed E-state index contributed by atoms with van der Waals surface area (Å²) in [7, 11) is 0. The fourth-order valence-corrected chi connectivity index (χ4v) is 2.69. The van der Waals surface area contributed by atoms with Gasteiger partial charge in [0.25, 0.3) is 0 Å². The van der Waals surface area contributed by atoms with Crippen LogP contribution in [0, 0.1) is 23.1 Å². The molecule has 4 rings (SSSR count). The molecule has 2 aromatic heterocycles. The highest BCUT2D eigenvalue weighted by Gasteiger charge is 2.40. The largest absolute Gasteiger partial charge is 0.476 e. The Kier molecular flexibility index (Phi) is 3.41. The fraction of sp³-hybridized carbons (Fsp3) is 0.412. The number of aromatic nitrogens is 3. The Hall–Kier alpha value is -2.55. The SMILES string of the molecule is N#Cc1cnc(C2CC2)nc1OC[C@@H]1C[C@H]1c1ccc(F)cn1. The van der Waals surface area contributed by atoms with E-state index in [-0.39, 0.29) is 5.82 Å². The molecule has 0 unspecified atom stereocenters. The first kappa shape index (κ1) is 14.1. The topological polar surface area (TPSA) is 71.7 Å². The van der Waals surface area contributed by atoms with Gasteiger partial charge in [0.2, 0.25) is 5.88 Å². The lowest BCUT2D eigenvalue weighted by Gasteiger charge is -2.07. The molecule has 0 N–H and O–H groups in total. The highest BCUT2D eigenvalue weighted by molar-refractivity contribution is 5.36. The molecule has 0 spiro atoms. The summed E-state index contributed by atoms with van der Waals surface area (Å²) >= 11 is 0. The molecule has 0 bridgehead atoms. The predicted octanol–water partition coefficient (Wildman–Crippen LogP) is 2.94. The summed E-state index contributed by atoms with van der Waals surface area (Å²) in [5.41, 5.74) is 1.26. The molecule has 2 atom stereocenters. The van der Waals surface area contributed by atoms with E-state index in [0.717, 1.165) is 30.8 Å². The molecule has 23 heavy (non-hydrogen) atoms. The lowest BCUT2D eigenvalue weighted by atomic mass is 10.2. The van der Waals surface area contributed by atoms with Crippen LogP contribution in [0.15, 0.2) is 24.5 Å². The van der Waals surface area contributed by atoms with Gasteiger partial charge < -0.3 is 4.74 Å². The van der Waals surface area contributed by atoms with Gasteiger partial charge in [-0.3, -0.25) is 4.98 Å². The number of pyridine rings is 1. The lowest BCUT2D eigenvalue weighted by molar-refractivity contribution is 0.283. The van der Waals surface area contributed by atoms with E-state index in [1.54, 1.807) is 12.3 Å². The van der Waals surface area contributed by atoms with Crippen molar-refractivity contribution in [2.75, 3.05) is 6.61 Å². The summed E-state index contributed by atoms with van der Waals surface area (Å²) in [5, 5.41) is 9.14. The average Bonchev–Trinajstić information content (AvgIpc) is 3.47. The van der Waals surface area contributed by atoms with Gasteiger partial charge in [0.1, 0.15) is 23.3 Å². The molecule has 6 heteroatoms. The Labute approximate surface area is 133 Å². The highest BCUT2D eigenvalue weighted by atomic mass is 19.1. The molecular formula is C17H15FN4O. The Balaban J connectivity index is 1.41. The molecule has 2 saturated carbocycles. The van der Waals surface area contributed by atoms with Crippen molar-refractivity contribution < 1.29 is 9.13 Å². The highest BCUT2D eigenvalue weighted by Crippen LogP contribution is 2.46. The molecule has 116 valence electrons. The second kappa shape index (κ2) is 5.58. The number of nitriles is 1. The minimum Gasteiger partial charge on any atom is -0.476 e. The number of hydrogen-bond donors (Lipinski definition) is 0. The first-order chi connectivity index (χ1) is 11.2. The van der Waals surface area contributed by atoms with E-state index in [2.05, 4.69) is 21.0 Å². The minimum absolute atomic E-state index is 0.297. The lowest BCUT2D eigenvalue weighted by Crippen LogP contribution is -2.06. The number of hydrogen-bond acceptors (Lipinski definition) is 5. The summed E-state index contributed by atoms with van der Waals surface area (Å²) in [4.78, 5) is 12.7. The second-order valence-electron chi connectivity index (χ2n) is 6.15. The smallest absolute Gasteiger partial charge is 0.235 e. The van der Waals surface area contributed by atoms with Crippen molar-refractivity contribution in [2.24, 2.45) is 5.92 Å². The van der Waals surface area contributed by atoms with Crippen LogP contribution in [0.25, 0.3) is 0 Å². The van der Waals surface area contributed by atoms with E-state index in [4.69, 9.17) is 10.00 Å². The standard InChI is InChI=1S/C17H15FN4O/c18-13-3-4-15(20-8-13)14-5-11(14)9-23-17-12(6-19)7-21-16(22-17)10-1-2-10/h3-4,7-8,10-11,14H,1-2,5,9H2/t11-,14+/m0/s1. The van der Waals surface area contributed by atoms with E-state index in [1.807, 2.05) is 0 Å². The zero-order valence-electron chi connectivity index (χ0n) is 12.4. The number of nitrogens with zero attached hydrogens (tertiary/aromatic N) is 4. The zero-order valence-corrected chi connectivity index (χ0v) is 12.4. The summed E-state index contributed by atoms with van der Waals surface area (Å²) in [6.07, 6.45) is 5.95. The van der Waals surface area contributed by atoms with Gasteiger partial charge in [0.05, 0.1) is 19.0 Å². The fourth-order valence-electron chi connectivity index (χ4n) is 2.69. The van der Waals surface area contributed by atoms with E-state index in [9.17, 15) is 4.39 Å². The van der Waals surface area contributed by atoms with Crippen molar-refractivity contribution in [3.8, 4) is 11.9 Å². The third kappa shape index (κ3) is 3.00. The molecule has 2 fully saturated rings. The third-order valence-corrected chi connectivity index (χ3v) is 4.32. The minimum atomic E-state index is -0.325. The molecule has 2 heterocycles. The quantitative estimate of drug-likeness (QED) is 0.849. The normalized spacial score (nSPS) is 22.4. The van der Waals surface area contributed by atoms with Crippen molar-refractivity contribution in [1.82, 2.24) is 15.0 Å². The number of halogens is 1. The van der Waals surface area contributed by atoms with Crippen molar-refractivity contribution in [3.63, 3.8) is 0 Å². The zero-order chi connectivity index (χ0) is 15.8. The Bertz CT molecular complexity index is 767. The summed E-state index contributed by atoms with van der Waals surface area (Å²) < 4.78 is 18.7. The van der Waals surface area contributed by atoms with Gasteiger partial charge in [-0.25, -0.2) is 9.37 Å². The summed E-state index contributed by atoms with van der Waals surface area (Å²) in [5.74, 6) is 1.87. The van der Waals surface area contributed by atoms with Crippen LogP contribution in [0.5, 0.6) is 5.88 Å². The van der Waals surface area contributed by atoms with Crippen LogP contribution < -0.4 is 4.74 Å². The van der Waals surface area contributed by atoms with Crippen LogP contribution in [0.1, 0.15) is 48.2 Å². The third-order valence-electron chi connectivity index (χ3n) is 4.32. The van der Waals surface area contributed by atoms with E-state index in [1.165, 1.54) is 12.3 Å². The Morgan fingerprint density at radius 3 is 2.83 bits per heavy atom. The molecule has 0 radical (unpaired) electrons. The average molecular weight is 310 g/mol. The van der Waals surface area contributed by atoms with Crippen molar-refractivity contribution >= 4 is 0 Å². The van der Waals surface area contributed by atoms with Gasteiger partial charge in [-0.2, -0.15) is 10.2 Å². The van der Waals surface area contributed by atoms with Crippen molar-refractivity contribution in [3.05, 3.63) is 47.4 Å². The first-order valence-corrected chi connectivity index (χ1v) is 7.76. The first-order valence-electron chi connectivity index (χ1n) is 7.76. The summed E-state index contributed by atoms with van der Waals surface area (Å²) in [6.45, 7) is 0.486. The maximum Gasteiger partial charge on any atom is 0.235 e. The van der Waals surface area contributed by atoms with Gasteiger partial charge in [0.15, 0.2) is 0 Å². The molecule has 2 aliphatic rings. The van der Waals surface area contributed by atoms with E-state index in [0.29, 0.717) is 35.8 Å². The summed E-state index contributed by atoms with van der Waals surface area (Å²) in [6, 6.07) is 5.22. The monoisotopic (exact) mass is 310 g/mol. The number of rotatable bonds is 5. The van der Waals surface area contributed by atoms with Gasteiger partial charge in [-0.1, -0.05) is 0 Å². The van der Waals surface area contributed by atoms with E-state index < -0.39 is 0 Å². The molecule has 0 aliphatic heterocycles. The van der Waals surface area contributed by atoms with Crippen LogP contribution in [0.4, 0.5) is 4.39 Å². The Morgan fingerprint density at radius 2 is 2.13 bits per heavy atom. The van der Waals surface area contributed by atoms with Crippen LogP contribution in [-0.2, 0) is 0 Å². The van der Waals surface area contributed by atoms with Gasteiger partial charge in [-0.05, 0) is 31.4 Å². The molecule has 0 aromatic carbocycles. The van der Waals surface area contributed by atoms with Gasteiger partial charge in [0, 0.05) is 23.4 Å². The molecular weight excluding hydrogens is 295 g/mol. The van der Waals surface area contributed by atoms with Gasteiger partial charge >= 0.3 is 0 Å². The second-order valence-corrected chi connectivity index (χ2v) is 6.15. The van der Waals surface area contributed by atoms with Crippen LogP contribution in [0.3, 0.4) is 0 Å². The van der Waals surface area contributed by atoms with Crippen LogP contribution >= 0.6 is 0 Å². The maximum absolute atomic E-state index is 12.9. The molecule has 5 nitrogen and oxygen atoms in total.